The van der Waals surface area contributed by atoms with Gasteiger partial charge in [0.05, 0.1) is 12.7 Å². The van der Waals surface area contributed by atoms with Crippen LogP contribution in [0.4, 0.5) is 5.82 Å². The van der Waals surface area contributed by atoms with E-state index in [1.807, 2.05) is 24.3 Å². The number of nitrogens with two attached hydrogens (primary N) is 1. The highest BCUT2D eigenvalue weighted by atomic mass is 79.9. The van der Waals surface area contributed by atoms with Gasteiger partial charge in [0.15, 0.2) is 0 Å². The summed E-state index contributed by atoms with van der Waals surface area (Å²) in [5.74, 6) is 0.811. The van der Waals surface area contributed by atoms with E-state index in [1.165, 1.54) is 0 Å². The second-order valence-corrected chi connectivity index (χ2v) is 5.36. The van der Waals surface area contributed by atoms with Gasteiger partial charge in [0, 0.05) is 17.2 Å². The minimum atomic E-state index is -0.227. The molecule has 0 bridgehead atoms. The van der Waals surface area contributed by atoms with Gasteiger partial charge in [-0.05, 0) is 46.1 Å². The first-order valence-electron chi connectivity index (χ1n) is 6.42. The van der Waals surface area contributed by atoms with Crippen molar-refractivity contribution < 1.29 is 9.53 Å². The van der Waals surface area contributed by atoms with E-state index in [0.29, 0.717) is 12.1 Å². The molecule has 0 aliphatic heterocycles. The molecule has 0 saturated carbocycles. The Kier molecular flexibility index (Phi) is 5.16. The zero-order valence-electron chi connectivity index (χ0n) is 11.6. The van der Waals surface area contributed by atoms with Crippen LogP contribution in [0.5, 0.6) is 5.75 Å². The highest BCUT2D eigenvalue weighted by Gasteiger charge is 2.10. The second-order valence-electron chi connectivity index (χ2n) is 4.44. The van der Waals surface area contributed by atoms with E-state index in [4.69, 9.17) is 10.5 Å². The van der Waals surface area contributed by atoms with Crippen molar-refractivity contribution in [1.82, 2.24) is 10.3 Å². The Labute approximate surface area is 131 Å². The third-order valence-electron chi connectivity index (χ3n) is 2.99. The number of hydrogen-bond acceptors (Lipinski definition) is 4. The highest BCUT2D eigenvalue weighted by molar-refractivity contribution is 9.10. The predicted octanol–water partition coefficient (Wildman–Crippen LogP) is 2.41. The van der Waals surface area contributed by atoms with Crippen molar-refractivity contribution in [2.45, 2.75) is 6.42 Å². The van der Waals surface area contributed by atoms with Gasteiger partial charge in [-0.1, -0.05) is 12.1 Å². The Morgan fingerprint density at radius 1 is 1.38 bits per heavy atom. The monoisotopic (exact) mass is 349 g/mol. The maximum atomic E-state index is 12.0. The number of carbonyl (C=O) groups is 1. The van der Waals surface area contributed by atoms with Crippen molar-refractivity contribution in [2.24, 2.45) is 0 Å². The molecule has 0 saturated heterocycles. The SMILES string of the molecule is COc1ccc(CCNC(=O)c2cc(Br)cnc2N)cc1. The summed E-state index contributed by atoms with van der Waals surface area (Å²) < 4.78 is 5.82. The number of ether oxygens (including phenoxy) is 1. The molecule has 1 aromatic carbocycles. The van der Waals surface area contributed by atoms with Gasteiger partial charge >= 0.3 is 0 Å². The average Bonchev–Trinajstić information content (AvgIpc) is 2.50. The van der Waals surface area contributed by atoms with Crippen molar-refractivity contribution in [3.8, 4) is 5.75 Å². The van der Waals surface area contributed by atoms with Crippen molar-refractivity contribution in [3.05, 3.63) is 52.1 Å². The van der Waals surface area contributed by atoms with E-state index >= 15 is 0 Å². The van der Waals surface area contributed by atoms with Crippen LogP contribution in [0.25, 0.3) is 0 Å². The fraction of sp³-hybridized carbons (Fsp3) is 0.200. The minimum absolute atomic E-state index is 0.222. The van der Waals surface area contributed by atoms with E-state index in [1.54, 1.807) is 19.4 Å². The van der Waals surface area contributed by atoms with E-state index < -0.39 is 0 Å². The Balaban J connectivity index is 1.90. The standard InChI is InChI=1S/C15H16BrN3O2/c1-21-12-4-2-10(3-5-12)6-7-18-15(20)13-8-11(16)9-19-14(13)17/h2-5,8-9H,6-7H2,1H3,(H2,17,19)(H,18,20). The lowest BCUT2D eigenvalue weighted by Gasteiger charge is -2.08. The van der Waals surface area contributed by atoms with Crippen LogP contribution < -0.4 is 15.8 Å². The summed E-state index contributed by atoms with van der Waals surface area (Å²) in [6.07, 6.45) is 2.29. The Morgan fingerprint density at radius 3 is 2.76 bits per heavy atom. The largest absolute Gasteiger partial charge is 0.497 e. The summed E-state index contributed by atoms with van der Waals surface area (Å²) in [4.78, 5) is 16.0. The van der Waals surface area contributed by atoms with Crippen LogP contribution in [0.1, 0.15) is 15.9 Å². The molecule has 3 N–H and O–H groups in total. The minimum Gasteiger partial charge on any atom is -0.497 e. The number of benzene rings is 1. The number of pyridine rings is 1. The summed E-state index contributed by atoms with van der Waals surface area (Å²) in [5.41, 5.74) is 7.19. The third-order valence-corrected chi connectivity index (χ3v) is 3.42. The zero-order chi connectivity index (χ0) is 15.2. The zero-order valence-corrected chi connectivity index (χ0v) is 13.2. The number of anilines is 1. The molecule has 1 amide bonds. The quantitative estimate of drug-likeness (QED) is 0.868. The highest BCUT2D eigenvalue weighted by Crippen LogP contribution is 2.15. The number of amides is 1. The van der Waals surface area contributed by atoms with Crippen molar-refractivity contribution >= 4 is 27.7 Å². The number of carbonyl (C=O) groups excluding carboxylic acids is 1. The fourth-order valence-electron chi connectivity index (χ4n) is 1.84. The van der Waals surface area contributed by atoms with Gasteiger partial charge in [-0.15, -0.1) is 0 Å². The summed E-state index contributed by atoms with van der Waals surface area (Å²) >= 11 is 3.27. The molecule has 110 valence electrons. The number of halogens is 1. The van der Waals surface area contributed by atoms with Gasteiger partial charge in [0.2, 0.25) is 0 Å². The van der Waals surface area contributed by atoms with Crippen LogP contribution in [0.15, 0.2) is 41.0 Å². The summed E-state index contributed by atoms with van der Waals surface area (Å²) in [5, 5.41) is 2.83. The molecule has 1 heterocycles. The fourth-order valence-corrected chi connectivity index (χ4v) is 2.17. The molecule has 0 aliphatic carbocycles. The number of hydrogen-bond donors (Lipinski definition) is 2. The Hall–Kier alpha value is -2.08. The van der Waals surface area contributed by atoms with Crippen LogP contribution in [0.3, 0.4) is 0 Å². The average molecular weight is 350 g/mol. The topological polar surface area (TPSA) is 77.2 Å². The molecule has 21 heavy (non-hydrogen) atoms. The lowest BCUT2D eigenvalue weighted by atomic mass is 10.1. The first-order valence-corrected chi connectivity index (χ1v) is 7.21. The van der Waals surface area contributed by atoms with Crippen LogP contribution in [-0.4, -0.2) is 24.5 Å². The third kappa shape index (κ3) is 4.19. The van der Waals surface area contributed by atoms with Crippen molar-refractivity contribution in [1.29, 1.82) is 0 Å². The lowest BCUT2D eigenvalue weighted by Crippen LogP contribution is -2.26. The second kappa shape index (κ2) is 7.08. The van der Waals surface area contributed by atoms with Gasteiger partial charge in [-0.3, -0.25) is 4.79 Å². The molecule has 2 rings (SSSR count). The van der Waals surface area contributed by atoms with Crippen LogP contribution in [0.2, 0.25) is 0 Å². The molecule has 0 fully saturated rings. The summed E-state index contributed by atoms with van der Waals surface area (Å²) in [7, 11) is 1.63. The molecule has 0 aliphatic rings. The number of aromatic nitrogens is 1. The molecule has 0 spiro atoms. The first kappa shape index (κ1) is 15.3. The number of nitrogens with one attached hydrogen (secondary N) is 1. The molecule has 1 aromatic heterocycles. The molecule has 0 atom stereocenters. The molecule has 0 radical (unpaired) electrons. The first-order chi connectivity index (χ1) is 10.1. The number of nitrogen functional groups attached to an aromatic ring is 1. The van der Waals surface area contributed by atoms with Gasteiger partial charge in [0.25, 0.3) is 5.91 Å². The lowest BCUT2D eigenvalue weighted by molar-refractivity contribution is 0.0954. The van der Waals surface area contributed by atoms with Gasteiger partial charge in [-0.25, -0.2) is 4.98 Å². The molecular weight excluding hydrogens is 334 g/mol. The molecular formula is C15H16BrN3O2. The van der Waals surface area contributed by atoms with Crippen LogP contribution in [-0.2, 0) is 6.42 Å². The van der Waals surface area contributed by atoms with Gasteiger partial charge in [0.1, 0.15) is 11.6 Å². The van der Waals surface area contributed by atoms with E-state index in [0.717, 1.165) is 22.2 Å². The van der Waals surface area contributed by atoms with E-state index in [2.05, 4.69) is 26.2 Å². The molecule has 2 aromatic rings. The molecule has 0 unspecified atom stereocenters. The van der Waals surface area contributed by atoms with Crippen molar-refractivity contribution in [2.75, 3.05) is 19.4 Å². The predicted molar refractivity (Wildman–Crippen MR) is 85.4 cm³/mol. The molecule has 6 heteroatoms. The normalized spacial score (nSPS) is 10.2. The maximum absolute atomic E-state index is 12.0. The maximum Gasteiger partial charge on any atom is 0.255 e. The number of methoxy groups -OCH3 is 1. The van der Waals surface area contributed by atoms with E-state index in [9.17, 15) is 4.79 Å². The van der Waals surface area contributed by atoms with Gasteiger partial charge in [-0.2, -0.15) is 0 Å². The number of rotatable bonds is 5. The summed E-state index contributed by atoms with van der Waals surface area (Å²) in [6, 6.07) is 9.39. The van der Waals surface area contributed by atoms with Gasteiger partial charge < -0.3 is 15.8 Å². The van der Waals surface area contributed by atoms with Crippen molar-refractivity contribution in [3.63, 3.8) is 0 Å². The van der Waals surface area contributed by atoms with Crippen LogP contribution in [0, 0.1) is 0 Å². The summed E-state index contributed by atoms with van der Waals surface area (Å²) in [6.45, 7) is 0.525. The van der Waals surface area contributed by atoms with E-state index in [-0.39, 0.29) is 11.7 Å². The molecule has 5 nitrogen and oxygen atoms in total. The number of nitrogens with zero attached hydrogens (tertiary/aromatic N) is 1. The Morgan fingerprint density at radius 2 is 2.10 bits per heavy atom. The smallest absolute Gasteiger partial charge is 0.255 e. The Bertz CT molecular complexity index is 629. The van der Waals surface area contributed by atoms with Crippen LogP contribution >= 0.6 is 15.9 Å².